The van der Waals surface area contributed by atoms with Gasteiger partial charge in [0.1, 0.15) is 23.0 Å². The summed E-state index contributed by atoms with van der Waals surface area (Å²) in [6, 6.07) is 0.165. The van der Waals surface area contributed by atoms with E-state index < -0.39 is 0 Å². The molecule has 0 aromatic heterocycles. The minimum atomic E-state index is -0.0627. The lowest BCUT2D eigenvalue weighted by molar-refractivity contribution is -0.124. The van der Waals surface area contributed by atoms with E-state index in [0.717, 1.165) is 32.1 Å². The number of carbonyl (C=O) groups excluding carboxylic acids is 2. The fourth-order valence-electron chi connectivity index (χ4n) is 6.24. The summed E-state index contributed by atoms with van der Waals surface area (Å²) in [6.45, 7) is 4.53. The van der Waals surface area contributed by atoms with Gasteiger partial charge in [0.15, 0.2) is 5.78 Å². The van der Waals surface area contributed by atoms with Crippen LogP contribution in [0, 0.1) is 22.7 Å². The Kier molecular flexibility index (Phi) is 4.11. The van der Waals surface area contributed by atoms with Crippen molar-refractivity contribution in [1.29, 1.82) is 0 Å². The van der Waals surface area contributed by atoms with Crippen molar-refractivity contribution in [3.05, 3.63) is 11.6 Å². The van der Waals surface area contributed by atoms with Crippen LogP contribution in [0.2, 0.25) is 0 Å². The lowest BCUT2D eigenvalue weighted by Crippen LogP contribution is -2.55. The second kappa shape index (κ2) is 5.79. The average molecular weight is 443 g/mol. The van der Waals surface area contributed by atoms with Gasteiger partial charge in [0.05, 0.1) is 6.10 Å². The number of nitrogens with one attached hydrogen (secondary N) is 1. The first-order valence-corrected chi connectivity index (χ1v) is 10.1. The first-order valence-electron chi connectivity index (χ1n) is 9.19. The quantitative estimate of drug-likeness (QED) is 0.629. The monoisotopic (exact) mass is 443 g/mol. The molecule has 2 saturated carbocycles. The van der Waals surface area contributed by atoms with Gasteiger partial charge in [-0.15, -0.1) is 0 Å². The van der Waals surface area contributed by atoms with Crippen molar-refractivity contribution < 1.29 is 12.7 Å². The van der Waals surface area contributed by atoms with Crippen molar-refractivity contribution in [2.45, 2.75) is 70.9 Å². The van der Waals surface area contributed by atoms with Crippen LogP contribution in [-0.2, 0) is 12.7 Å². The predicted molar refractivity (Wildman–Crippen MR) is 99.4 cm³/mol. The Morgan fingerprint density at radius 2 is 2.00 bits per heavy atom. The Labute approximate surface area is 157 Å². The largest absolute Gasteiger partial charge is 0.352 e. The number of halogens is 1. The Hall–Kier alpha value is -0.430. The summed E-state index contributed by atoms with van der Waals surface area (Å²) in [4.78, 5) is 24.7. The minimum Gasteiger partial charge on any atom is -0.352 e. The van der Waals surface area contributed by atoms with E-state index >= 15 is 0 Å². The second-order valence-corrected chi connectivity index (χ2v) is 9.25. The van der Waals surface area contributed by atoms with Crippen molar-refractivity contribution >= 4 is 34.7 Å². The molecule has 5 heteroatoms. The summed E-state index contributed by atoms with van der Waals surface area (Å²) in [7, 11) is 0. The van der Waals surface area contributed by atoms with Crippen LogP contribution in [-0.4, -0.2) is 23.8 Å². The normalized spacial score (nSPS) is 47.9. The lowest BCUT2D eigenvalue weighted by atomic mass is 9.55. The maximum atomic E-state index is 12.8. The number of hydrogen-bond acceptors (Lipinski definition) is 3. The number of hydrogen-bond donors (Lipinski definition) is 1. The third-order valence-electron chi connectivity index (χ3n) is 7.63. The smallest absolute Gasteiger partial charge is 0.220 e. The SMILES string of the molecule is C[C@]12CC(=O)N[C@H]3[C@@H](CCC4=CC(=O)CC[C@@]43C)[C@@H]1CC[C@@H]2OI. The van der Waals surface area contributed by atoms with E-state index in [1.807, 2.05) is 29.1 Å². The number of rotatable bonds is 1. The van der Waals surface area contributed by atoms with Crippen molar-refractivity contribution in [1.82, 2.24) is 5.32 Å². The Morgan fingerprint density at radius 3 is 2.75 bits per heavy atom. The summed E-state index contributed by atoms with van der Waals surface area (Å²) in [5.74, 6) is 1.44. The van der Waals surface area contributed by atoms with Gasteiger partial charge in [0, 0.05) is 29.7 Å². The van der Waals surface area contributed by atoms with E-state index in [0.29, 0.717) is 24.7 Å². The van der Waals surface area contributed by atoms with E-state index in [-0.39, 0.29) is 34.7 Å². The molecule has 0 radical (unpaired) electrons. The molecule has 1 heterocycles. The summed E-state index contributed by atoms with van der Waals surface area (Å²) >= 11 is 2.01. The highest BCUT2D eigenvalue weighted by molar-refractivity contribution is 14.1. The Bertz CT molecular complexity index is 618. The molecule has 0 aromatic carbocycles. The zero-order valence-corrected chi connectivity index (χ0v) is 16.6. The van der Waals surface area contributed by atoms with Gasteiger partial charge >= 0.3 is 0 Å². The highest BCUT2D eigenvalue weighted by Crippen LogP contribution is 2.59. The molecule has 6 atom stereocenters. The molecule has 1 amide bonds. The molecule has 24 heavy (non-hydrogen) atoms. The van der Waals surface area contributed by atoms with E-state index in [1.54, 1.807) is 0 Å². The van der Waals surface area contributed by atoms with E-state index in [1.165, 1.54) is 5.57 Å². The molecule has 1 N–H and O–H groups in total. The highest BCUT2D eigenvalue weighted by Gasteiger charge is 2.59. The highest BCUT2D eigenvalue weighted by atomic mass is 127. The van der Waals surface area contributed by atoms with Crippen molar-refractivity contribution in [2.24, 2.45) is 22.7 Å². The molecule has 0 spiro atoms. The molecular formula is C19H26INO3. The second-order valence-electron chi connectivity index (χ2n) is 8.75. The van der Waals surface area contributed by atoms with Crippen LogP contribution < -0.4 is 5.32 Å². The molecule has 0 unspecified atom stereocenters. The number of fused-ring (bicyclic) bond motifs is 5. The molecule has 0 bridgehead atoms. The van der Waals surface area contributed by atoms with Gasteiger partial charge in [-0.05, 0) is 50.0 Å². The van der Waals surface area contributed by atoms with Crippen molar-refractivity contribution in [3.8, 4) is 0 Å². The number of ketones is 1. The third-order valence-corrected chi connectivity index (χ3v) is 8.24. The number of amides is 1. The zero-order valence-electron chi connectivity index (χ0n) is 14.4. The predicted octanol–water partition coefficient (Wildman–Crippen LogP) is 3.73. The van der Waals surface area contributed by atoms with Gasteiger partial charge in [0.2, 0.25) is 5.91 Å². The first-order chi connectivity index (χ1) is 11.4. The van der Waals surface area contributed by atoms with Crippen LogP contribution in [0.4, 0.5) is 0 Å². The molecule has 1 saturated heterocycles. The molecule has 3 fully saturated rings. The maximum absolute atomic E-state index is 12.8. The van der Waals surface area contributed by atoms with Gasteiger partial charge in [-0.1, -0.05) is 19.4 Å². The third kappa shape index (κ3) is 2.33. The Morgan fingerprint density at radius 1 is 1.21 bits per heavy atom. The van der Waals surface area contributed by atoms with Gasteiger partial charge < -0.3 is 8.38 Å². The van der Waals surface area contributed by atoms with Crippen LogP contribution in [0.3, 0.4) is 0 Å². The van der Waals surface area contributed by atoms with E-state index in [9.17, 15) is 9.59 Å². The molecular weight excluding hydrogens is 417 g/mol. The fraction of sp³-hybridized carbons (Fsp3) is 0.789. The molecule has 4 aliphatic rings. The van der Waals surface area contributed by atoms with E-state index in [2.05, 4.69) is 19.2 Å². The minimum absolute atomic E-state index is 0.0546. The first kappa shape index (κ1) is 17.0. The topological polar surface area (TPSA) is 55.4 Å². The molecule has 3 aliphatic carbocycles. The zero-order chi connectivity index (χ0) is 17.1. The van der Waals surface area contributed by atoms with E-state index in [4.69, 9.17) is 3.07 Å². The van der Waals surface area contributed by atoms with Gasteiger partial charge in [-0.25, -0.2) is 0 Å². The number of carbonyl (C=O) groups is 2. The van der Waals surface area contributed by atoms with Gasteiger partial charge in [-0.3, -0.25) is 9.59 Å². The van der Waals surface area contributed by atoms with Crippen LogP contribution in [0.15, 0.2) is 11.6 Å². The van der Waals surface area contributed by atoms with Crippen molar-refractivity contribution in [3.63, 3.8) is 0 Å². The van der Waals surface area contributed by atoms with Crippen LogP contribution >= 0.6 is 23.0 Å². The Balaban J connectivity index is 1.75. The van der Waals surface area contributed by atoms with Crippen LogP contribution in [0.25, 0.3) is 0 Å². The van der Waals surface area contributed by atoms with Gasteiger partial charge in [-0.2, -0.15) is 0 Å². The molecule has 4 rings (SSSR count). The number of allylic oxidation sites excluding steroid dienone is 1. The maximum Gasteiger partial charge on any atom is 0.220 e. The summed E-state index contributed by atoms with van der Waals surface area (Å²) < 4.78 is 5.75. The molecule has 4 nitrogen and oxygen atoms in total. The standard InChI is InChI=1S/C19H26INO3/c1-18-8-7-12(22)9-11(18)3-4-13-14-5-6-15(24-20)19(14,2)10-16(23)21-17(13)18/h9,13-15,17H,3-8,10H2,1-2H3,(H,21,23)/t13-,14-,15-,17-,18-,19-/m0/s1. The lowest BCUT2D eigenvalue weighted by Gasteiger charge is -2.51. The summed E-state index contributed by atoms with van der Waals surface area (Å²) in [5.41, 5.74) is 1.15. The molecule has 1 aliphatic heterocycles. The molecule has 132 valence electrons. The molecule has 0 aromatic rings. The average Bonchev–Trinajstić information content (AvgIpc) is 2.79. The van der Waals surface area contributed by atoms with Crippen molar-refractivity contribution in [2.75, 3.05) is 0 Å². The fourth-order valence-corrected chi connectivity index (χ4v) is 7.08. The van der Waals surface area contributed by atoms with Crippen LogP contribution in [0.1, 0.15) is 58.8 Å². The van der Waals surface area contributed by atoms with Crippen LogP contribution in [0.5, 0.6) is 0 Å². The summed E-state index contributed by atoms with van der Waals surface area (Å²) in [6.07, 6.45) is 8.37. The van der Waals surface area contributed by atoms with Gasteiger partial charge in [0.25, 0.3) is 0 Å². The summed E-state index contributed by atoms with van der Waals surface area (Å²) in [5, 5.41) is 3.38.